The van der Waals surface area contributed by atoms with Gasteiger partial charge in [0, 0.05) is 0 Å². The topological polar surface area (TPSA) is 47.6 Å². The highest BCUT2D eigenvalue weighted by molar-refractivity contribution is 7.12. The molecule has 0 saturated heterocycles. The lowest BCUT2D eigenvalue weighted by molar-refractivity contribution is 0.415. The summed E-state index contributed by atoms with van der Waals surface area (Å²) in [6, 6.07) is 11.4. The maximum absolute atomic E-state index is 5.87. The zero-order valence-corrected chi connectivity index (χ0v) is 9.70. The summed E-state index contributed by atoms with van der Waals surface area (Å²) in [6.07, 6.45) is 0. The van der Waals surface area contributed by atoms with E-state index in [0.717, 1.165) is 16.3 Å². The van der Waals surface area contributed by atoms with Gasteiger partial charge in [-0.1, -0.05) is 6.07 Å². The van der Waals surface area contributed by atoms with Gasteiger partial charge in [-0.15, -0.1) is 11.3 Å². The number of aliphatic imine (C=N–C) groups is 1. The van der Waals surface area contributed by atoms with Crippen LogP contribution in [0.1, 0.15) is 4.88 Å². The van der Waals surface area contributed by atoms with E-state index in [2.05, 4.69) is 4.99 Å². The molecule has 0 radical (unpaired) electrons. The van der Waals surface area contributed by atoms with Gasteiger partial charge in [-0.2, -0.15) is 0 Å². The minimum Gasteiger partial charge on any atom is -0.497 e. The Morgan fingerprint density at radius 1 is 1.25 bits per heavy atom. The number of hydrogen-bond acceptors (Lipinski definition) is 3. The van der Waals surface area contributed by atoms with Crippen LogP contribution in [-0.4, -0.2) is 12.9 Å². The summed E-state index contributed by atoms with van der Waals surface area (Å²) in [5.41, 5.74) is 6.70. The maximum Gasteiger partial charge on any atom is 0.141 e. The molecule has 4 heteroatoms. The summed E-state index contributed by atoms with van der Waals surface area (Å²) in [5, 5.41) is 1.98. The molecule has 1 aromatic carbocycles. The average Bonchev–Trinajstić information content (AvgIpc) is 2.83. The van der Waals surface area contributed by atoms with Crippen molar-refractivity contribution in [1.29, 1.82) is 0 Å². The van der Waals surface area contributed by atoms with Gasteiger partial charge < -0.3 is 10.5 Å². The molecule has 0 bridgehead atoms. The fourth-order valence-corrected chi connectivity index (χ4v) is 1.90. The van der Waals surface area contributed by atoms with Crippen molar-refractivity contribution >= 4 is 22.9 Å². The third-order valence-electron chi connectivity index (χ3n) is 2.10. The van der Waals surface area contributed by atoms with E-state index in [4.69, 9.17) is 10.5 Å². The van der Waals surface area contributed by atoms with Crippen molar-refractivity contribution in [2.75, 3.05) is 7.11 Å². The number of nitrogens with zero attached hydrogens (tertiary/aromatic N) is 1. The maximum atomic E-state index is 5.87. The Morgan fingerprint density at radius 3 is 2.56 bits per heavy atom. The van der Waals surface area contributed by atoms with Gasteiger partial charge in [-0.3, -0.25) is 0 Å². The summed E-state index contributed by atoms with van der Waals surface area (Å²) < 4.78 is 5.07. The van der Waals surface area contributed by atoms with Crippen molar-refractivity contribution in [3.63, 3.8) is 0 Å². The molecular weight excluding hydrogens is 220 g/mol. The van der Waals surface area contributed by atoms with Gasteiger partial charge in [0.2, 0.25) is 0 Å². The lowest BCUT2D eigenvalue weighted by Gasteiger charge is -2.00. The number of benzene rings is 1. The second-order valence-electron chi connectivity index (χ2n) is 3.17. The first kappa shape index (κ1) is 10.7. The highest BCUT2D eigenvalue weighted by Crippen LogP contribution is 2.19. The molecule has 82 valence electrons. The Bertz CT molecular complexity index is 474. The molecule has 0 atom stereocenters. The lowest BCUT2D eigenvalue weighted by Crippen LogP contribution is -2.10. The van der Waals surface area contributed by atoms with E-state index in [9.17, 15) is 0 Å². The van der Waals surface area contributed by atoms with Crippen molar-refractivity contribution in [2.24, 2.45) is 10.7 Å². The summed E-state index contributed by atoms with van der Waals surface area (Å²) in [6.45, 7) is 0. The van der Waals surface area contributed by atoms with Crippen molar-refractivity contribution < 1.29 is 4.74 Å². The fraction of sp³-hybridized carbons (Fsp3) is 0.0833. The second-order valence-corrected chi connectivity index (χ2v) is 4.12. The molecule has 16 heavy (non-hydrogen) atoms. The number of ether oxygens (including phenoxy) is 1. The average molecular weight is 232 g/mol. The van der Waals surface area contributed by atoms with Crippen LogP contribution in [0.2, 0.25) is 0 Å². The molecule has 0 aliphatic carbocycles. The van der Waals surface area contributed by atoms with Crippen LogP contribution < -0.4 is 10.5 Å². The highest BCUT2D eigenvalue weighted by Gasteiger charge is 1.99. The van der Waals surface area contributed by atoms with Gasteiger partial charge >= 0.3 is 0 Å². The first-order valence-corrected chi connectivity index (χ1v) is 5.69. The van der Waals surface area contributed by atoms with E-state index in [1.54, 1.807) is 18.4 Å². The Labute approximate surface area is 98.2 Å². The number of rotatable bonds is 3. The number of nitrogens with two attached hydrogens (primary N) is 1. The molecule has 0 spiro atoms. The minimum atomic E-state index is 0.542. The molecule has 2 N–H and O–H groups in total. The predicted molar refractivity (Wildman–Crippen MR) is 67.7 cm³/mol. The van der Waals surface area contributed by atoms with Crippen molar-refractivity contribution in [3.8, 4) is 5.75 Å². The van der Waals surface area contributed by atoms with Crippen LogP contribution in [0.3, 0.4) is 0 Å². The van der Waals surface area contributed by atoms with Gasteiger partial charge in [0.1, 0.15) is 11.6 Å². The molecule has 3 nitrogen and oxygen atoms in total. The third-order valence-corrected chi connectivity index (χ3v) is 2.99. The molecule has 1 aromatic heterocycles. The van der Waals surface area contributed by atoms with Crippen LogP contribution in [-0.2, 0) is 0 Å². The van der Waals surface area contributed by atoms with Crippen LogP contribution in [0.5, 0.6) is 5.75 Å². The number of methoxy groups -OCH3 is 1. The highest BCUT2D eigenvalue weighted by atomic mass is 32.1. The van der Waals surface area contributed by atoms with Gasteiger partial charge in [-0.05, 0) is 35.7 Å². The normalized spacial score (nSPS) is 11.4. The first-order valence-electron chi connectivity index (χ1n) is 4.81. The Morgan fingerprint density at radius 2 is 2.00 bits per heavy atom. The molecule has 1 heterocycles. The molecular formula is C12H12N2OS. The summed E-state index contributed by atoms with van der Waals surface area (Å²) >= 11 is 1.58. The van der Waals surface area contributed by atoms with E-state index >= 15 is 0 Å². The van der Waals surface area contributed by atoms with Crippen molar-refractivity contribution in [3.05, 3.63) is 46.7 Å². The number of thiophene rings is 1. The smallest absolute Gasteiger partial charge is 0.141 e. The quantitative estimate of drug-likeness (QED) is 0.653. The van der Waals surface area contributed by atoms with E-state index in [1.807, 2.05) is 41.8 Å². The van der Waals surface area contributed by atoms with E-state index in [1.165, 1.54) is 0 Å². The van der Waals surface area contributed by atoms with Gasteiger partial charge in [-0.25, -0.2) is 4.99 Å². The standard InChI is InChI=1S/C12H12N2OS/c1-15-10-6-4-9(5-7-10)14-12(13)11-3-2-8-16-11/h2-8H,1H3,(H2,13,14). The molecule has 0 aliphatic rings. The van der Waals surface area contributed by atoms with Crippen LogP contribution in [0.25, 0.3) is 0 Å². The van der Waals surface area contributed by atoms with Crippen LogP contribution in [0.4, 0.5) is 5.69 Å². The predicted octanol–water partition coefficient (Wildman–Crippen LogP) is 2.79. The minimum absolute atomic E-state index is 0.542. The van der Waals surface area contributed by atoms with E-state index in [0.29, 0.717) is 5.84 Å². The summed E-state index contributed by atoms with van der Waals surface area (Å²) in [4.78, 5) is 5.31. The number of amidine groups is 1. The van der Waals surface area contributed by atoms with Crippen LogP contribution in [0, 0.1) is 0 Å². The molecule has 0 amide bonds. The molecule has 0 aliphatic heterocycles. The monoisotopic (exact) mass is 232 g/mol. The lowest BCUT2D eigenvalue weighted by atomic mass is 10.3. The van der Waals surface area contributed by atoms with Crippen molar-refractivity contribution in [2.45, 2.75) is 0 Å². The first-order chi connectivity index (χ1) is 7.79. The van der Waals surface area contributed by atoms with Crippen molar-refractivity contribution in [1.82, 2.24) is 0 Å². The summed E-state index contributed by atoms with van der Waals surface area (Å²) in [5.74, 6) is 1.36. The van der Waals surface area contributed by atoms with Crippen LogP contribution in [0.15, 0.2) is 46.8 Å². The largest absolute Gasteiger partial charge is 0.497 e. The van der Waals surface area contributed by atoms with Gasteiger partial charge in [0.05, 0.1) is 17.7 Å². The Balaban J connectivity index is 2.22. The molecule has 0 unspecified atom stereocenters. The van der Waals surface area contributed by atoms with Crippen LogP contribution >= 0.6 is 11.3 Å². The number of hydrogen-bond donors (Lipinski definition) is 1. The van der Waals surface area contributed by atoms with Gasteiger partial charge in [0.25, 0.3) is 0 Å². The molecule has 0 fully saturated rings. The molecule has 2 rings (SSSR count). The third kappa shape index (κ3) is 2.41. The zero-order chi connectivity index (χ0) is 11.4. The fourth-order valence-electron chi connectivity index (χ4n) is 1.28. The van der Waals surface area contributed by atoms with E-state index in [-0.39, 0.29) is 0 Å². The Hall–Kier alpha value is -1.81. The Kier molecular flexibility index (Phi) is 3.22. The second kappa shape index (κ2) is 4.81. The van der Waals surface area contributed by atoms with Gasteiger partial charge in [0.15, 0.2) is 0 Å². The summed E-state index contributed by atoms with van der Waals surface area (Å²) in [7, 11) is 1.64. The van der Waals surface area contributed by atoms with E-state index < -0.39 is 0 Å². The SMILES string of the molecule is COc1ccc(N=C(N)c2cccs2)cc1. The molecule has 2 aromatic rings. The zero-order valence-electron chi connectivity index (χ0n) is 8.88. The molecule has 0 saturated carbocycles.